The molecule has 0 aliphatic carbocycles. The van der Waals surface area contributed by atoms with E-state index in [1.54, 1.807) is 25.4 Å². The van der Waals surface area contributed by atoms with Gasteiger partial charge in [0.1, 0.15) is 5.82 Å². The van der Waals surface area contributed by atoms with Crippen LogP contribution in [-0.4, -0.2) is 31.4 Å². The van der Waals surface area contributed by atoms with Crippen molar-refractivity contribution < 1.29 is 19.1 Å². The van der Waals surface area contributed by atoms with E-state index >= 15 is 0 Å². The molecule has 0 aliphatic heterocycles. The maximum atomic E-state index is 14.5. The van der Waals surface area contributed by atoms with Gasteiger partial charge >= 0.3 is 5.97 Å². The summed E-state index contributed by atoms with van der Waals surface area (Å²) in [6, 6.07) is 11.2. The first-order valence-electron chi connectivity index (χ1n) is 10.6. The van der Waals surface area contributed by atoms with Gasteiger partial charge in [-0.1, -0.05) is 12.1 Å². The van der Waals surface area contributed by atoms with Crippen molar-refractivity contribution in [1.29, 1.82) is 0 Å². The van der Waals surface area contributed by atoms with Crippen LogP contribution in [0.3, 0.4) is 0 Å². The van der Waals surface area contributed by atoms with Crippen molar-refractivity contribution in [2.24, 2.45) is 5.73 Å². The van der Waals surface area contributed by atoms with Crippen LogP contribution in [0, 0.1) is 5.82 Å². The summed E-state index contributed by atoms with van der Waals surface area (Å²) < 4.78 is 16.4. The molecular weight excluding hydrogens is 435 g/mol. The molecule has 4 aromatic rings. The first-order chi connectivity index (χ1) is 16.2. The fourth-order valence-corrected chi connectivity index (χ4v) is 4.13. The number of aromatic carboxylic acids is 1. The normalized spacial score (nSPS) is 12.9. The third kappa shape index (κ3) is 4.05. The summed E-state index contributed by atoms with van der Waals surface area (Å²) >= 11 is 0. The van der Waals surface area contributed by atoms with Crippen LogP contribution in [-0.2, 0) is 4.79 Å². The van der Waals surface area contributed by atoms with Crippen LogP contribution in [0.4, 0.5) is 4.39 Å². The maximum absolute atomic E-state index is 14.5. The average Bonchev–Trinajstić information content (AvgIpc) is 3.17. The fraction of sp³-hybridized carbons (Fsp3) is 0.154. The van der Waals surface area contributed by atoms with Crippen molar-refractivity contribution in [2.75, 3.05) is 0 Å². The van der Waals surface area contributed by atoms with Crippen molar-refractivity contribution in [3.63, 3.8) is 0 Å². The number of halogens is 1. The summed E-state index contributed by atoms with van der Waals surface area (Å²) in [5.41, 5.74) is 10.1. The standard InChI is InChI=1S/C26H23FN4O3/c1-14(28)24(16(3)32)18-11-23-25(30-12-18)20(17-7-8-19(26(33)34)21(27)10-17)13-31(23)15(2)22-6-4-5-9-29-22/h4-13,15H,28H2,1-3H3,(H,33,34)/b24-14+/t15-/m0/s1. The predicted molar refractivity (Wildman–Crippen MR) is 128 cm³/mol. The third-order valence-electron chi connectivity index (χ3n) is 5.75. The first kappa shape index (κ1) is 22.8. The quantitative estimate of drug-likeness (QED) is 0.401. The minimum Gasteiger partial charge on any atom is -0.478 e. The van der Waals surface area contributed by atoms with Gasteiger partial charge in [-0.05, 0) is 56.7 Å². The minimum atomic E-state index is -1.33. The number of ketones is 1. The number of nitrogens with zero attached hydrogens (tertiary/aromatic N) is 3. The van der Waals surface area contributed by atoms with Crippen LogP contribution >= 0.6 is 0 Å². The van der Waals surface area contributed by atoms with Gasteiger partial charge in [0.2, 0.25) is 0 Å². The molecule has 0 bridgehead atoms. The number of nitrogens with two attached hydrogens (primary N) is 1. The second-order valence-corrected chi connectivity index (χ2v) is 8.09. The molecule has 34 heavy (non-hydrogen) atoms. The van der Waals surface area contributed by atoms with Gasteiger partial charge < -0.3 is 15.4 Å². The molecule has 0 saturated heterocycles. The number of carbonyl (C=O) groups excluding carboxylic acids is 1. The SMILES string of the molecule is CC(=O)/C(=C(/C)N)c1cnc2c(-c3ccc(C(=O)O)c(F)c3)cn([C@@H](C)c3ccccn3)c2c1. The van der Waals surface area contributed by atoms with Crippen molar-refractivity contribution >= 4 is 28.4 Å². The van der Waals surface area contributed by atoms with Crippen LogP contribution in [0.5, 0.6) is 0 Å². The van der Waals surface area contributed by atoms with E-state index in [9.17, 15) is 14.0 Å². The number of allylic oxidation sites excluding steroid dienone is 2. The lowest BCUT2D eigenvalue weighted by Crippen LogP contribution is -2.08. The number of carboxylic acids is 1. The summed E-state index contributed by atoms with van der Waals surface area (Å²) in [5, 5.41) is 9.17. The van der Waals surface area contributed by atoms with Gasteiger partial charge in [-0.15, -0.1) is 0 Å². The number of aromatic nitrogens is 3. The zero-order chi connectivity index (χ0) is 24.6. The molecule has 0 spiro atoms. The van der Waals surface area contributed by atoms with E-state index in [0.717, 1.165) is 5.69 Å². The molecule has 4 rings (SSSR count). The average molecular weight is 458 g/mol. The molecule has 1 aromatic carbocycles. The highest BCUT2D eigenvalue weighted by Crippen LogP contribution is 2.35. The van der Waals surface area contributed by atoms with Gasteiger partial charge in [-0.25, -0.2) is 9.18 Å². The number of pyridine rings is 2. The molecule has 172 valence electrons. The van der Waals surface area contributed by atoms with Crippen LogP contribution in [0.25, 0.3) is 27.7 Å². The van der Waals surface area contributed by atoms with Gasteiger partial charge in [0.05, 0.1) is 28.3 Å². The molecular formula is C26H23FN4O3. The summed E-state index contributed by atoms with van der Waals surface area (Å²) in [6.07, 6.45) is 5.11. The number of benzene rings is 1. The van der Waals surface area contributed by atoms with Gasteiger partial charge in [0.15, 0.2) is 5.78 Å². The lowest BCUT2D eigenvalue weighted by molar-refractivity contribution is -0.111. The van der Waals surface area contributed by atoms with Crippen molar-refractivity contribution in [2.45, 2.75) is 26.8 Å². The number of hydrogen-bond acceptors (Lipinski definition) is 5. The second-order valence-electron chi connectivity index (χ2n) is 8.09. The Balaban J connectivity index is 1.98. The first-order valence-corrected chi connectivity index (χ1v) is 10.6. The van der Waals surface area contributed by atoms with Crippen molar-refractivity contribution in [1.82, 2.24) is 14.5 Å². The lowest BCUT2D eigenvalue weighted by Gasteiger charge is -2.15. The Labute approximate surface area is 195 Å². The molecule has 0 aliphatic rings. The number of hydrogen-bond donors (Lipinski definition) is 2. The van der Waals surface area contributed by atoms with E-state index in [2.05, 4.69) is 9.97 Å². The summed E-state index contributed by atoms with van der Waals surface area (Å²) in [4.78, 5) is 32.5. The summed E-state index contributed by atoms with van der Waals surface area (Å²) in [5.74, 6) is -2.34. The minimum absolute atomic E-state index is 0.177. The summed E-state index contributed by atoms with van der Waals surface area (Å²) in [7, 11) is 0. The Bertz CT molecular complexity index is 1450. The highest BCUT2D eigenvalue weighted by Gasteiger charge is 2.21. The number of carboxylic acid groups (broad SMARTS) is 1. The molecule has 3 heterocycles. The Hall–Kier alpha value is -4.33. The van der Waals surface area contributed by atoms with E-state index in [1.807, 2.05) is 42.0 Å². The molecule has 1 atom stereocenters. The number of carbonyl (C=O) groups is 2. The molecule has 0 saturated carbocycles. The number of fused-ring (bicyclic) bond motifs is 1. The molecule has 0 radical (unpaired) electrons. The van der Waals surface area contributed by atoms with E-state index in [-0.39, 0.29) is 11.8 Å². The smallest absolute Gasteiger partial charge is 0.338 e. The van der Waals surface area contributed by atoms with E-state index in [4.69, 9.17) is 10.8 Å². The lowest BCUT2D eigenvalue weighted by atomic mass is 10.0. The van der Waals surface area contributed by atoms with Crippen LogP contribution < -0.4 is 5.73 Å². The van der Waals surface area contributed by atoms with Gasteiger partial charge in [0, 0.05) is 41.0 Å². The topological polar surface area (TPSA) is 111 Å². The van der Waals surface area contributed by atoms with Gasteiger partial charge in [-0.3, -0.25) is 14.8 Å². The predicted octanol–water partition coefficient (Wildman–Crippen LogP) is 4.82. The largest absolute Gasteiger partial charge is 0.478 e. The molecule has 7 nitrogen and oxygen atoms in total. The van der Waals surface area contributed by atoms with Gasteiger partial charge in [0.25, 0.3) is 0 Å². The molecule has 0 amide bonds. The van der Waals surface area contributed by atoms with E-state index in [0.29, 0.717) is 39.0 Å². The highest BCUT2D eigenvalue weighted by atomic mass is 19.1. The van der Waals surface area contributed by atoms with E-state index < -0.39 is 17.3 Å². The zero-order valence-electron chi connectivity index (χ0n) is 18.9. The monoisotopic (exact) mass is 458 g/mol. The Morgan fingerprint density at radius 2 is 1.88 bits per heavy atom. The van der Waals surface area contributed by atoms with Crippen molar-refractivity contribution in [3.05, 3.63) is 89.4 Å². The Morgan fingerprint density at radius 1 is 1.12 bits per heavy atom. The third-order valence-corrected chi connectivity index (χ3v) is 5.75. The molecule has 8 heteroatoms. The van der Waals surface area contributed by atoms with Crippen LogP contribution in [0.15, 0.2) is 66.8 Å². The van der Waals surface area contributed by atoms with E-state index in [1.165, 1.54) is 19.1 Å². The Morgan fingerprint density at radius 3 is 2.47 bits per heavy atom. The zero-order valence-corrected chi connectivity index (χ0v) is 18.9. The Kier molecular flexibility index (Phi) is 5.98. The van der Waals surface area contributed by atoms with Crippen LogP contribution in [0.2, 0.25) is 0 Å². The highest BCUT2D eigenvalue weighted by molar-refractivity contribution is 6.20. The molecule has 0 unspecified atom stereocenters. The molecule has 0 fully saturated rings. The molecule has 3 N–H and O–H groups in total. The number of rotatable bonds is 6. The van der Waals surface area contributed by atoms with Crippen molar-refractivity contribution in [3.8, 4) is 11.1 Å². The fourth-order valence-electron chi connectivity index (χ4n) is 4.13. The second kappa shape index (κ2) is 8.90. The maximum Gasteiger partial charge on any atom is 0.338 e. The number of Topliss-reactive ketones (excluding diaryl/α,β-unsaturated/α-hetero) is 1. The summed E-state index contributed by atoms with van der Waals surface area (Å²) in [6.45, 7) is 5.08. The molecule has 3 aromatic heterocycles. The van der Waals surface area contributed by atoms with Crippen LogP contribution in [0.1, 0.15) is 48.4 Å². The van der Waals surface area contributed by atoms with Gasteiger partial charge in [-0.2, -0.15) is 0 Å².